The summed E-state index contributed by atoms with van der Waals surface area (Å²) in [4.78, 5) is 97.9. The molecule has 1 saturated carbocycles. The second kappa shape index (κ2) is 27.0. The lowest BCUT2D eigenvalue weighted by atomic mass is 9.82. The van der Waals surface area contributed by atoms with Crippen LogP contribution < -0.4 is 18.9 Å². The molecule has 0 N–H and O–H groups in total. The number of methoxy groups -OCH3 is 1. The van der Waals surface area contributed by atoms with Crippen molar-refractivity contribution >= 4 is 47.8 Å². The molecule has 0 aromatic heterocycles. The van der Waals surface area contributed by atoms with Crippen molar-refractivity contribution in [3.05, 3.63) is 109 Å². The average Bonchev–Trinajstić information content (AvgIpc) is 3.31. The number of benzene rings is 3. The molecule has 0 spiro atoms. The molecule has 0 heterocycles. The highest BCUT2D eigenvalue weighted by molar-refractivity contribution is 5.97. The molecule has 0 saturated heterocycles. The lowest BCUT2D eigenvalue weighted by Crippen LogP contribution is -2.30. The molecular formula is C48H52O17. The van der Waals surface area contributed by atoms with Crippen LogP contribution >= 0.6 is 0 Å². The van der Waals surface area contributed by atoms with Crippen molar-refractivity contribution in [3.63, 3.8) is 0 Å². The van der Waals surface area contributed by atoms with Gasteiger partial charge in [-0.3, -0.25) is 24.0 Å². The van der Waals surface area contributed by atoms with E-state index in [1.807, 2.05) is 0 Å². The predicted molar refractivity (Wildman–Crippen MR) is 229 cm³/mol. The zero-order valence-corrected chi connectivity index (χ0v) is 36.1. The van der Waals surface area contributed by atoms with E-state index in [9.17, 15) is 38.4 Å². The summed E-state index contributed by atoms with van der Waals surface area (Å²) in [6, 6.07) is 16.9. The summed E-state index contributed by atoms with van der Waals surface area (Å²) in [7, 11) is 1.16. The predicted octanol–water partition coefficient (Wildman–Crippen LogP) is 6.43. The molecule has 0 bridgehead atoms. The fourth-order valence-corrected chi connectivity index (χ4v) is 6.21. The third-order valence-electron chi connectivity index (χ3n) is 9.73. The van der Waals surface area contributed by atoms with Crippen molar-refractivity contribution < 1.29 is 81.0 Å². The standard InChI is InChI=1S/C48H52O17/c1-4-8-42(50)59-27-7-6-26-58-36-19-15-35(16-20-36)47(55)65-40-22-21-38(31-39(40)48(56)57-3)64-46(54)34-13-11-33(12-14-34)45(53)63-37-17-9-32(10-18-37)25-28-60-43(51)23-24-44(52)62-30-29-61-41(49)5-2/h4-5,9-10,15-22,31,33-34H,1-2,6-8,11-14,23-30H2,3H3. The van der Waals surface area contributed by atoms with E-state index in [4.69, 9.17) is 42.6 Å². The minimum absolute atomic E-state index is 0.0373. The maximum atomic E-state index is 13.2. The Kier molecular flexibility index (Phi) is 20.9. The summed E-state index contributed by atoms with van der Waals surface area (Å²) in [5.41, 5.74) is 0.865. The SMILES string of the molecule is C=CCC(=O)OCCCCOc1ccc(C(=O)Oc2ccc(OC(=O)C3CCC(C(=O)Oc4ccc(CCOC(=O)CCC(=O)OCCOC(=O)C=C)cc4)CC3)cc2C(=O)OC)cc1. The Morgan fingerprint density at radius 3 is 1.75 bits per heavy atom. The molecule has 1 fully saturated rings. The molecule has 0 unspecified atom stereocenters. The van der Waals surface area contributed by atoms with Gasteiger partial charge in [0.25, 0.3) is 0 Å². The topological polar surface area (TPSA) is 220 Å². The molecule has 1 aliphatic rings. The number of unbranched alkanes of at least 4 members (excludes halogenated alkanes) is 1. The largest absolute Gasteiger partial charge is 0.494 e. The van der Waals surface area contributed by atoms with E-state index >= 15 is 0 Å². The van der Waals surface area contributed by atoms with E-state index in [0.717, 1.165) is 18.7 Å². The first-order valence-electron chi connectivity index (χ1n) is 21.0. The van der Waals surface area contributed by atoms with Crippen LogP contribution in [0.25, 0.3) is 0 Å². The zero-order chi connectivity index (χ0) is 47.0. The summed E-state index contributed by atoms with van der Waals surface area (Å²) in [5, 5.41) is 0. The first-order chi connectivity index (χ1) is 31.4. The van der Waals surface area contributed by atoms with Gasteiger partial charge in [-0.1, -0.05) is 24.8 Å². The summed E-state index contributed by atoms with van der Waals surface area (Å²) >= 11 is 0. The molecule has 346 valence electrons. The smallest absolute Gasteiger partial charge is 0.343 e. The molecule has 0 aliphatic heterocycles. The second-order valence-electron chi connectivity index (χ2n) is 14.4. The van der Waals surface area contributed by atoms with E-state index in [1.165, 1.54) is 36.4 Å². The molecule has 4 rings (SSSR count). The van der Waals surface area contributed by atoms with Crippen LogP contribution in [0.4, 0.5) is 0 Å². The van der Waals surface area contributed by atoms with Crippen LogP contribution in [0.5, 0.6) is 23.0 Å². The van der Waals surface area contributed by atoms with Crippen LogP contribution in [0.3, 0.4) is 0 Å². The Labute approximate surface area is 375 Å². The molecule has 3 aromatic rings. The van der Waals surface area contributed by atoms with Gasteiger partial charge in [-0.05, 0) is 98.7 Å². The molecule has 1 aliphatic carbocycles. The second-order valence-corrected chi connectivity index (χ2v) is 14.4. The van der Waals surface area contributed by atoms with Crippen LogP contribution in [-0.4, -0.2) is 87.9 Å². The fourth-order valence-electron chi connectivity index (χ4n) is 6.21. The molecule has 0 amide bonds. The highest BCUT2D eigenvalue weighted by Crippen LogP contribution is 2.33. The number of carbonyl (C=O) groups is 8. The van der Waals surface area contributed by atoms with Gasteiger partial charge < -0.3 is 42.6 Å². The Morgan fingerprint density at radius 1 is 0.585 bits per heavy atom. The van der Waals surface area contributed by atoms with Crippen LogP contribution in [-0.2, 0) is 58.9 Å². The summed E-state index contributed by atoms with van der Waals surface area (Å²) in [5.74, 6) is -4.90. The third-order valence-corrected chi connectivity index (χ3v) is 9.73. The van der Waals surface area contributed by atoms with Gasteiger partial charge in [-0.15, -0.1) is 6.58 Å². The quantitative estimate of drug-likeness (QED) is 0.0223. The highest BCUT2D eigenvalue weighted by atomic mass is 16.6. The number of carbonyl (C=O) groups excluding carboxylic acids is 8. The fraction of sp³-hybridized carbons (Fsp3) is 0.375. The Hall–Kier alpha value is -7.30. The van der Waals surface area contributed by atoms with E-state index in [-0.39, 0.29) is 74.3 Å². The normalized spacial score (nSPS) is 14.0. The molecular weight excluding hydrogens is 849 g/mol. The Balaban J connectivity index is 1.16. The maximum absolute atomic E-state index is 13.2. The molecule has 0 radical (unpaired) electrons. The van der Waals surface area contributed by atoms with Gasteiger partial charge >= 0.3 is 47.8 Å². The van der Waals surface area contributed by atoms with Gasteiger partial charge in [0, 0.05) is 12.5 Å². The summed E-state index contributed by atoms with van der Waals surface area (Å²) in [6.07, 6.45) is 5.41. The molecule has 65 heavy (non-hydrogen) atoms. The van der Waals surface area contributed by atoms with Crippen molar-refractivity contribution in [3.8, 4) is 23.0 Å². The van der Waals surface area contributed by atoms with Gasteiger partial charge in [-0.2, -0.15) is 0 Å². The average molecular weight is 901 g/mol. The number of hydrogen-bond acceptors (Lipinski definition) is 17. The number of ether oxygens (including phenoxy) is 9. The van der Waals surface area contributed by atoms with Crippen LogP contribution in [0.1, 0.15) is 84.1 Å². The van der Waals surface area contributed by atoms with Crippen molar-refractivity contribution in [2.75, 3.05) is 40.1 Å². The van der Waals surface area contributed by atoms with Gasteiger partial charge in [0.2, 0.25) is 0 Å². The molecule has 17 nitrogen and oxygen atoms in total. The van der Waals surface area contributed by atoms with Gasteiger partial charge in [0.1, 0.15) is 41.8 Å². The summed E-state index contributed by atoms with van der Waals surface area (Å²) in [6.45, 7) is 7.21. The van der Waals surface area contributed by atoms with Gasteiger partial charge in [0.05, 0.1) is 63.6 Å². The molecule has 3 aromatic carbocycles. The zero-order valence-electron chi connectivity index (χ0n) is 36.1. The molecule has 17 heteroatoms. The Bertz CT molecular complexity index is 2130. The minimum Gasteiger partial charge on any atom is -0.494 e. The maximum Gasteiger partial charge on any atom is 0.343 e. The van der Waals surface area contributed by atoms with Crippen LogP contribution in [0, 0.1) is 11.8 Å². The lowest BCUT2D eigenvalue weighted by Gasteiger charge is -2.25. The third kappa shape index (κ3) is 17.8. The van der Waals surface area contributed by atoms with Gasteiger partial charge in [0.15, 0.2) is 0 Å². The number of esters is 8. The van der Waals surface area contributed by atoms with Crippen LogP contribution in [0.2, 0.25) is 0 Å². The Morgan fingerprint density at radius 2 is 1.14 bits per heavy atom. The van der Waals surface area contributed by atoms with E-state index in [0.29, 0.717) is 63.1 Å². The number of rotatable bonds is 25. The summed E-state index contributed by atoms with van der Waals surface area (Å²) < 4.78 is 47.1. The monoisotopic (exact) mass is 900 g/mol. The van der Waals surface area contributed by atoms with Crippen molar-refractivity contribution in [2.24, 2.45) is 11.8 Å². The lowest BCUT2D eigenvalue weighted by molar-refractivity contribution is -0.152. The van der Waals surface area contributed by atoms with Gasteiger partial charge in [-0.25, -0.2) is 14.4 Å². The molecule has 0 atom stereocenters. The van der Waals surface area contributed by atoms with Crippen molar-refractivity contribution in [2.45, 2.75) is 64.2 Å². The number of hydrogen-bond donors (Lipinski definition) is 0. The van der Waals surface area contributed by atoms with Crippen molar-refractivity contribution in [1.82, 2.24) is 0 Å². The first kappa shape index (κ1) is 50.3. The van der Waals surface area contributed by atoms with Crippen molar-refractivity contribution in [1.29, 1.82) is 0 Å². The van der Waals surface area contributed by atoms with E-state index in [1.54, 1.807) is 36.4 Å². The first-order valence-corrected chi connectivity index (χ1v) is 21.0. The van der Waals surface area contributed by atoms with Crippen LogP contribution in [0.15, 0.2) is 92.0 Å². The highest BCUT2D eigenvalue weighted by Gasteiger charge is 2.32. The van der Waals surface area contributed by atoms with E-state index in [2.05, 4.69) is 13.2 Å². The van der Waals surface area contributed by atoms with E-state index < -0.39 is 53.6 Å². The minimum atomic E-state index is -0.822.